The first-order valence-electron chi connectivity index (χ1n) is 8.40. The molecule has 1 fully saturated rings. The fourth-order valence-electron chi connectivity index (χ4n) is 2.65. The summed E-state index contributed by atoms with van der Waals surface area (Å²) in [6.07, 6.45) is 5.59. The first-order chi connectivity index (χ1) is 12.1. The van der Waals surface area contributed by atoms with Crippen LogP contribution in [-0.4, -0.2) is 34.7 Å². The van der Waals surface area contributed by atoms with Crippen molar-refractivity contribution in [1.82, 2.24) is 25.7 Å². The summed E-state index contributed by atoms with van der Waals surface area (Å²) >= 11 is 0. The minimum atomic E-state index is -0.463. The van der Waals surface area contributed by atoms with E-state index in [1.54, 1.807) is 24.0 Å². The largest absolute Gasteiger partial charge is 0.350 e. The molecule has 1 atom stereocenters. The van der Waals surface area contributed by atoms with Gasteiger partial charge < -0.3 is 16.0 Å². The fraction of sp³-hybridized carbons (Fsp3) is 0.389. The van der Waals surface area contributed by atoms with Gasteiger partial charge in [0, 0.05) is 37.0 Å². The zero-order valence-electron chi connectivity index (χ0n) is 14.5. The van der Waals surface area contributed by atoms with E-state index in [2.05, 4.69) is 21.0 Å². The molecule has 2 aromatic rings. The van der Waals surface area contributed by atoms with Crippen molar-refractivity contribution in [3.63, 3.8) is 0 Å². The second-order valence-electron chi connectivity index (χ2n) is 6.33. The van der Waals surface area contributed by atoms with Gasteiger partial charge in [-0.3, -0.25) is 14.3 Å². The van der Waals surface area contributed by atoms with Gasteiger partial charge in [0.25, 0.3) is 5.91 Å². The summed E-state index contributed by atoms with van der Waals surface area (Å²) in [5, 5.41) is 13.0. The molecule has 1 aromatic carbocycles. The van der Waals surface area contributed by atoms with Crippen LogP contribution in [0.25, 0.3) is 0 Å². The minimum absolute atomic E-state index is 0.0564. The van der Waals surface area contributed by atoms with Crippen LogP contribution in [-0.2, 0) is 18.4 Å². The quantitative estimate of drug-likeness (QED) is 0.698. The Balaban J connectivity index is 1.60. The van der Waals surface area contributed by atoms with Gasteiger partial charge in [-0.1, -0.05) is 12.1 Å². The van der Waals surface area contributed by atoms with Crippen LogP contribution in [0.3, 0.4) is 0 Å². The molecule has 2 amide bonds. The molecule has 1 heterocycles. The van der Waals surface area contributed by atoms with Crippen LogP contribution in [0.4, 0.5) is 0 Å². The number of amides is 2. The van der Waals surface area contributed by atoms with Gasteiger partial charge in [0.15, 0.2) is 0 Å². The number of aromatic nitrogens is 2. The highest BCUT2D eigenvalue weighted by Gasteiger charge is 2.24. The zero-order chi connectivity index (χ0) is 17.8. The minimum Gasteiger partial charge on any atom is -0.350 e. The van der Waals surface area contributed by atoms with Crippen molar-refractivity contribution in [3.8, 4) is 0 Å². The second kappa shape index (κ2) is 7.48. The Hall–Kier alpha value is -2.67. The topological polar surface area (TPSA) is 88.1 Å². The standard InChI is InChI=1S/C18H23N5O2/c1-19-16(14-10-21-23(2)11-14)18(25)20-9-12-4-3-5-13(8-12)17(24)22-15-6-7-15/h3-5,8,10-11,15-16,19H,6-7,9H2,1-2H3,(H,20,25)(H,22,24). The lowest BCUT2D eigenvalue weighted by Gasteiger charge is -2.15. The normalized spacial score (nSPS) is 14.8. The number of hydrogen-bond acceptors (Lipinski definition) is 4. The van der Waals surface area contributed by atoms with Gasteiger partial charge in [-0.2, -0.15) is 5.10 Å². The van der Waals surface area contributed by atoms with Gasteiger partial charge in [-0.15, -0.1) is 0 Å². The molecule has 7 nitrogen and oxygen atoms in total. The third-order valence-electron chi connectivity index (χ3n) is 4.18. The first kappa shape index (κ1) is 17.2. The zero-order valence-corrected chi connectivity index (χ0v) is 14.5. The van der Waals surface area contributed by atoms with Crippen molar-refractivity contribution in [2.24, 2.45) is 7.05 Å². The molecule has 0 spiro atoms. The number of hydrogen-bond donors (Lipinski definition) is 3. The summed E-state index contributed by atoms with van der Waals surface area (Å²) in [5.41, 5.74) is 2.31. The highest BCUT2D eigenvalue weighted by molar-refractivity contribution is 5.94. The highest BCUT2D eigenvalue weighted by Crippen LogP contribution is 2.19. The lowest BCUT2D eigenvalue weighted by atomic mass is 10.1. The molecule has 1 saturated carbocycles. The number of benzene rings is 1. The molecule has 1 unspecified atom stereocenters. The fourth-order valence-corrected chi connectivity index (χ4v) is 2.65. The number of nitrogens with one attached hydrogen (secondary N) is 3. The number of likely N-dealkylation sites (N-methyl/N-ethyl adjacent to an activating group) is 1. The van der Waals surface area contributed by atoms with E-state index in [9.17, 15) is 9.59 Å². The summed E-state index contributed by atoms with van der Waals surface area (Å²) in [6, 6.07) is 7.19. The molecular weight excluding hydrogens is 318 g/mol. The molecule has 0 radical (unpaired) electrons. The Morgan fingerprint density at radius 1 is 1.36 bits per heavy atom. The predicted octanol–water partition coefficient (Wildman–Crippen LogP) is 0.889. The smallest absolute Gasteiger partial charge is 0.251 e. The summed E-state index contributed by atoms with van der Waals surface area (Å²) in [6.45, 7) is 0.363. The van der Waals surface area contributed by atoms with E-state index in [0.717, 1.165) is 24.0 Å². The van der Waals surface area contributed by atoms with E-state index in [0.29, 0.717) is 18.2 Å². The number of nitrogens with zero attached hydrogens (tertiary/aromatic N) is 2. The van der Waals surface area contributed by atoms with Gasteiger partial charge in [0.1, 0.15) is 6.04 Å². The van der Waals surface area contributed by atoms with Crippen molar-refractivity contribution >= 4 is 11.8 Å². The Labute approximate surface area is 146 Å². The molecule has 7 heteroatoms. The third-order valence-corrected chi connectivity index (χ3v) is 4.18. The van der Waals surface area contributed by atoms with Gasteiger partial charge in [0.2, 0.25) is 5.91 Å². The van der Waals surface area contributed by atoms with Crippen molar-refractivity contribution < 1.29 is 9.59 Å². The molecule has 25 heavy (non-hydrogen) atoms. The summed E-state index contributed by atoms with van der Waals surface area (Å²) < 4.78 is 1.66. The molecule has 3 rings (SSSR count). The number of aryl methyl sites for hydroxylation is 1. The van der Waals surface area contributed by atoms with Crippen LogP contribution >= 0.6 is 0 Å². The number of carbonyl (C=O) groups is 2. The maximum atomic E-state index is 12.4. The van der Waals surface area contributed by atoms with E-state index in [1.165, 1.54) is 0 Å². The van der Waals surface area contributed by atoms with E-state index >= 15 is 0 Å². The highest BCUT2D eigenvalue weighted by atomic mass is 16.2. The molecule has 0 bridgehead atoms. The Kier molecular flexibility index (Phi) is 5.14. The Bertz CT molecular complexity index is 766. The molecule has 132 valence electrons. The molecule has 3 N–H and O–H groups in total. The van der Waals surface area contributed by atoms with E-state index in [4.69, 9.17) is 0 Å². The third kappa shape index (κ3) is 4.45. The maximum Gasteiger partial charge on any atom is 0.251 e. The maximum absolute atomic E-state index is 12.4. The van der Waals surface area contributed by atoms with Crippen molar-refractivity contribution in [1.29, 1.82) is 0 Å². The average molecular weight is 341 g/mol. The monoisotopic (exact) mass is 341 g/mol. The summed E-state index contributed by atoms with van der Waals surface area (Å²) in [7, 11) is 3.55. The summed E-state index contributed by atoms with van der Waals surface area (Å²) in [4.78, 5) is 24.5. The van der Waals surface area contributed by atoms with Crippen LogP contribution in [0.1, 0.15) is 40.4 Å². The lowest BCUT2D eigenvalue weighted by Crippen LogP contribution is -2.35. The molecular formula is C18H23N5O2. The van der Waals surface area contributed by atoms with Crippen LogP contribution in [0.15, 0.2) is 36.7 Å². The van der Waals surface area contributed by atoms with E-state index in [1.807, 2.05) is 31.4 Å². The van der Waals surface area contributed by atoms with Gasteiger partial charge >= 0.3 is 0 Å². The van der Waals surface area contributed by atoms with Crippen LogP contribution in [0.5, 0.6) is 0 Å². The van der Waals surface area contributed by atoms with Crippen molar-refractivity contribution in [3.05, 3.63) is 53.3 Å². The SMILES string of the molecule is CNC(C(=O)NCc1cccc(C(=O)NC2CC2)c1)c1cnn(C)c1. The van der Waals surface area contributed by atoms with Gasteiger partial charge in [-0.05, 0) is 37.6 Å². The van der Waals surface area contributed by atoms with Gasteiger partial charge in [0.05, 0.1) is 6.20 Å². The summed E-state index contributed by atoms with van der Waals surface area (Å²) in [5.74, 6) is -0.192. The van der Waals surface area contributed by atoms with Crippen molar-refractivity contribution in [2.45, 2.75) is 31.5 Å². The number of rotatable bonds is 7. The van der Waals surface area contributed by atoms with Gasteiger partial charge in [-0.25, -0.2) is 0 Å². The molecule has 1 aliphatic rings. The van der Waals surface area contributed by atoms with E-state index < -0.39 is 6.04 Å². The molecule has 0 saturated heterocycles. The molecule has 1 aromatic heterocycles. The molecule has 1 aliphatic carbocycles. The lowest BCUT2D eigenvalue weighted by molar-refractivity contribution is -0.123. The van der Waals surface area contributed by atoms with Crippen LogP contribution in [0.2, 0.25) is 0 Å². The molecule has 0 aliphatic heterocycles. The number of carbonyl (C=O) groups excluding carboxylic acids is 2. The predicted molar refractivity (Wildman–Crippen MR) is 93.8 cm³/mol. The Morgan fingerprint density at radius 3 is 2.80 bits per heavy atom. The first-order valence-corrected chi connectivity index (χ1v) is 8.40. The Morgan fingerprint density at radius 2 is 2.16 bits per heavy atom. The average Bonchev–Trinajstić information content (AvgIpc) is 3.33. The van der Waals surface area contributed by atoms with Crippen molar-refractivity contribution in [2.75, 3.05) is 7.05 Å². The van der Waals surface area contributed by atoms with E-state index in [-0.39, 0.29) is 11.8 Å². The van der Waals surface area contributed by atoms with Crippen LogP contribution in [0, 0.1) is 0 Å². The van der Waals surface area contributed by atoms with Crippen LogP contribution < -0.4 is 16.0 Å². The second-order valence-corrected chi connectivity index (χ2v) is 6.33.